The lowest BCUT2D eigenvalue weighted by atomic mass is 10.2. The van der Waals surface area contributed by atoms with Crippen molar-refractivity contribution in [2.45, 2.75) is 6.92 Å². The van der Waals surface area contributed by atoms with Crippen LogP contribution in [0.25, 0.3) is 11.4 Å². The number of benzene rings is 1. The molecular weight excluding hydrogens is 226 g/mol. The Bertz CT molecular complexity index is 500. The van der Waals surface area contributed by atoms with E-state index in [4.69, 9.17) is 4.74 Å². The number of nitrogens with zero attached hydrogens (tertiary/aromatic N) is 2. The molecule has 1 heterocycles. The molecule has 18 heavy (non-hydrogen) atoms. The van der Waals surface area contributed by atoms with E-state index in [0.717, 1.165) is 17.8 Å². The summed E-state index contributed by atoms with van der Waals surface area (Å²) in [5, 5.41) is 3.03. The molecule has 0 saturated heterocycles. The minimum Gasteiger partial charge on any atom is -0.476 e. The van der Waals surface area contributed by atoms with E-state index in [9.17, 15) is 0 Å². The molecule has 0 saturated carbocycles. The summed E-state index contributed by atoms with van der Waals surface area (Å²) in [5.41, 5.74) is 1.91. The summed E-state index contributed by atoms with van der Waals surface area (Å²) >= 11 is 0. The van der Waals surface area contributed by atoms with Crippen molar-refractivity contribution in [3.63, 3.8) is 0 Å². The first-order chi connectivity index (χ1) is 8.79. The van der Waals surface area contributed by atoms with Gasteiger partial charge in [-0.1, -0.05) is 30.3 Å². The van der Waals surface area contributed by atoms with Gasteiger partial charge in [-0.05, 0) is 14.0 Å². The van der Waals surface area contributed by atoms with Gasteiger partial charge in [-0.25, -0.2) is 4.98 Å². The highest BCUT2D eigenvalue weighted by Gasteiger charge is 2.05. The molecule has 1 aromatic carbocycles. The molecule has 0 aliphatic carbocycles. The molecule has 1 aromatic heterocycles. The summed E-state index contributed by atoms with van der Waals surface area (Å²) < 4.78 is 5.58. The molecule has 4 heteroatoms. The molecule has 0 spiro atoms. The normalized spacial score (nSPS) is 10.3. The molecule has 94 valence electrons. The van der Waals surface area contributed by atoms with Crippen LogP contribution in [0.4, 0.5) is 0 Å². The SMILES string of the molecule is CNCCOc1cc(C)nc(-c2ccccc2)n1. The molecule has 0 fully saturated rings. The number of nitrogens with one attached hydrogen (secondary N) is 1. The number of aromatic nitrogens is 2. The highest BCUT2D eigenvalue weighted by atomic mass is 16.5. The first-order valence-electron chi connectivity index (χ1n) is 5.98. The quantitative estimate of drug-likeness (QED) is 0.816. The van der Waals surface area contributed by atoms with Gasteiger partial charge in [0, 0.05) is 23.9 Å². The van der Waals surface area contributed by atoms with Gasteiger partial charge in [-0.3, -0.25) is 0 Å². The minimum atomic E-state index is 0.598. The van der Waals surface area contributed by atoms with Crippen LogP contribution in [0.1, 0.15) is 5.69 Å². The van der Waals surface area contributed by atoms with Crippen LogP contribution in [0.2, 0.25) is 0 Å². The number of rotatable bonds is 5. The number of hydrogen-bond donors (Lipinski definition) is 1. The third-order valence-electron chi connectivity index (χ3n) is 2.46. The lowest BCUT2D eigenvalue weighted by Crippen LogP contribution is -2.16. The van der Waals surface area contributed by atoms with Gasteiger partial charge < -0.3 is 10.1 Å². The van der Waals surface area contributed by atoms with Crippen LogP contribution in [-0.2, 0) is 0 Å². The van der Waals surface area contributed by atoms with Crippen molar-refractivity contribution in [3.05, 3.63) is 42.1 Å². The van der Waals surface area contributed by atoms with Crippen LogP contribution in [-0.4, -0.2) is 30.2 Å². The maximum atomic E-state index is 5.58. The van der Waals surface area contributed by atoms with Gasteiger partial charge in [0.1, 0.15) is 6.61 Å². The summed E-state index contributed by atoms with van der Waals surface area (Å²) in [6.07, 6.45) is 0. The maximum absolute atomic E-state index is 5.58. The molecule has 4 nitrogen and oxygen atoms in total. The predicted molar refractivity (Wildman–Crippen MR) is 71.6 cm³/mol. The van der Waals surface area contributed by atoms with E-state index < -0.39 is 0 Å². The number of aryl methyl sites for hydroxylation is 1. The molecule has 0 unspecified atom stereocenters. The van der Waals surface area contributed by atoms with Gasteiger partial charge in [0.05, 0.1) is 0 Å². The third-order valence-corrected chi connectivity index (χ3v) is 2.46. The van der Waals surface area contributed by atoms with E-state index in [-0.39, 0.29) is 0 Å². The summed E-state index contributed by atoms with van der Waals surface area (Å²) in [6.45, 7) is 3.34. The van der Waals surface area contributed by atoms with Crippen molar-refractivity contribution in [1.82, 2.24) is 15.3 Å². The Balaban J connectivity index is 2.21. The van der Waals surface area contributed by atoms with Crippen molar-refractivity contribution in [3.8, 4) is 17.3 Å². The Kier molecular flexibility index (Phi) is 4.25. The van der Waals surface area contributed by atoms with Crippen molar-refractivity contribution in [2.75, 3.05) is 20.2 Å². The summed E-state index contributed by atoms with van der Waals surface area (Å²) in [5.74, 6) is 1.33. The predicted octanol–water partition coefficient (Wildman–Crippen LogP) is 2.05. The van der Waals surface area contributed by atoms with Gasteiger partial charge in [0.25, 0.3) is 0 Å². The van der Waals surface area contributed by atoms with E-state index in [1.165, 1.54) is 0 Å². The number of ether oxygens (including phenoxy) is 1. The van der Waals surface area contributed by atoms with E-state index in [0.29, 0.717) is 18.3 Å². The average Bonchev–Trinajstić information content (AvgIpc) is 2.39. The Morgan fingerprint density at radius 3 is 2.67 bits per heavy atom. The van der Waals surface area contributed by atoms with Crippen LogP contribution < -0.4 is 10.1 Å². The van der Waals surface area contributed by atoms with Crippen LogP contribution in [0.15, 0.2) is 36.4 Å². The Morgan fingerprint density at radius 1 is 1.17 bits per heavy atom. The highest BCUT2D eigenvalue weighted by Crippen LogP contribution is 2.18. The standard InChI is InChI=1S/C14H17N3O/c1-11-10-13(18-9-8-15-2)17-14(16-11)12-6-4-3-5-7-12/h3-7,10,15H,8-9H2,1-2H3. The average molecular weight is 243 g/mol. The lowest BCUT2D eigenvalue weighted by molar-refractivity contribution is 0.306. The van der Waals surface area contributed by atoms with Gasteiger partial charge in [-0.2, -0.15) is 4.98 Å². The van der Waals surface area contributed by atoms with E-state index in [1.54, 1.807) is 0 Å². The molecule has 2 aromatic rings. The summed E-state index contributed by atoms with van der Waals surface area (Å²) in [6, 6.07) is 11.8. The zero-order valence-corrected chi connectivity index (χ0v) is 10.7. The molecule has 0 atom stereocenters. The Hall–Kier alpha value is -1.94. The Morgan fingerprint density at radius 2 is 1.94 bits per heavy atom. The van der Waals surface area contributed by atoms with Crippen LogP contribution >= 0.6 is 0 Å². The second-order valence-electron chi connectivity index (χ2n) is 3.99. The first-order valence-corrected chi connectivity index (χ1v) is 5.98. The van der Waals surface area contributed by atoms with Crippen molar-refractivity contribution >= 4 is 0 Å². The molecule has 0 bridgehead atoms. The molecule has 1 N–H and O–H groups in total. The number of likely N-dealkylation sites (N-methyl/N-ethyl adjacent to an activating group) is 1. The van der Waals surface area contributed by atoms with E-state index >= 15 is 0 Å². The second kappa shape index (κ2) is 6.12. The zero-order chi connectivity index (χ0) is 12.8. The molecule has 2 rings (SSSR count). The fourth-order valence-corrected chi connectivity index (χ4v) is 1.59. The van der Waals surface area contributed by atoms with Crippen LogP contribution in [0.3, 0.4) is 0 Å². The number of hydrogen-bond acceptors (Lipinski definition) is 4. The highest BCUT2D eigenvalue weighted by molar-refractivity contribution is 5.55. The fraction of sp³-hybridized carbons (Fsp3) is 0.286. The zero-order valence-electron chi connectivity index (χ0n) is 10.7. The Labute approximate surface area is 107 Å². The molecule has 0 amide bonds. The summed E-state index contributed by atoms with van der Waals surface area (Å²) in [4.78, 5) is 8.84. The van der Waals surface area contributed by atoms with Crippen molar-refractivity contribution in [1.29, 1.82) is 0 Å². The molecule has 0 aliphatic rings. The molecule has 0 radical (unpaired) electrons. The lowest BCUT2D eigenvalue weighted by Gasteiger charge is -2.07. The van der Waals surface area contributed by atoms with Gasteiger partial charge in [0.2, 0.25) is 5.88 Å². The van der Waals surface area contributed by atoms with E-state index in [2.05, 4.69) is 15.3 Å². The minimum absolute atomic E-state index is 0.598. The van der Waals surface area contributed by atoms with Gasteiger partial charge in [-0.15, -0.1) is 0 Å². The third kappa shape index (κ3) is 3.28. The largest absolute Gasteiger partial charge is 0.476 e. The van der Waals surface area contributed by atoms with Crippen molar-refractivity contribution < 1.29 is 4.74 Å². The summed E-state index contributed by atoms with van der Waals surface area (Å²) in [7, 11) is 1.89. The van der Waals surface area contributed by atoms with Crippen molar-refractivity contribution in [2.24, 2.45) is 0 Å². The smallest absolute Gasteiger partial charge is 0.217 e. The van der Waals surface area contributed by atoms with E-state index in [1.807, 2.05) is 50.4 Å². The first kappa shape index (κ1) is 12.5. The van der Waals surface area contributed by atoms with Gasteiger partial charge >= 0.3 is 0 Å². The van der Waals surface area contributed by atoms with Crippen LogP contribution in [0, 0.1) is 6.92 Å². The second-order valence-corrected chi connectivity index (χ2v) is 3.99. The van der Waals surface area contributed by atoms with Gasteiger partial charge in [0.15, 0.2) is 5.82 Å². The fourth-order valence-electron chi connectivity index (χ4n) is 1.59. The monoisotopic (exact) mass is 243 g/mol. The van der Waals surface area contributed by atoms with Crippen LogP contribution in [0.5, 0.6) is 5.88 Å². The molecular formula is C14H17N3O. The maximum Gasteiger partial charge on any atom is 0.217 e. The topological polar surface area (TPSA) is 47.0 Å². The molecule has 0 aliphatic heterocycles.